The van der Waals surface area contributed by atoms with Crippen molar-refractivity contribution in [2.75, 3.05) is 37.3 Å². The van der Waals surface area contributed by atoms with Gasteiger partial charge in [-0.15, -0.1) is 0 Å². The molecular formula is C14H22ClN3. The van der Waals surface area contributed by atoms with Crippen molar-refractivity contribution in [2.24, 2.45) is 0 Å². The third-order valence-electron chi connectivity index (χ3n) is 3.67. The summed E-state index contributed by atoms with van der Waals surface area (Å²) in [6, 6.07) is 6.35. The number of nitrogens with zero attached hydrogens (tertiary/aromatic N) is 2. The Bertz CT molecular complexity index is 408. The van der Waals surface area contributed by atoms with E-state index in [4.69, 9.17) is 17.3 Å². The van der Waals surface area contributed by atoms with Crippen LogP contribution in [0.15, 0.2) is 18.2 Å². The van der Waals surface area contributed by atoms with E-state index in [1.165, 1.54) is 6.42 Å². The van der Waals surface area contributed by atoms with E-state index in [9.17, 15) is 0 Å². The van der Waals surface area contributed by atoms with E-state index in [0.717, 1.165) is 37.4 Å². The van der Waals surface area contributed by atoms with E-state index in [1.807, 2.05) is 18.2 Å². The quantitative estimate of drug-likeness (QED) is 0.837. The van der Waals surface area contributed by atoms with Crippen LogP contribution in [0.5, 0.6) is 0 Å². The second kappa shape index (κ2) is 5.81. The number of rotatable bonds is 2. The third-order valence-corrected chi connectivity index (χ3v) is 3.91. The van der Waals surface area contributed by atoms with Crippen LogP contribution in [0.1, 0.15) is 19.8 Å². The first kappa shape index (κ1) is 13.5. The maximum atomic E-state index is 6.12. The Kier molecular flexibility index (Phi) is 4.36. The van der Waals surface area contributed by atoms with E-state index < -0.39 is 0 Å². The highest BCUT2D eigenvalue weighted by molar-refractivity contribution is 6.31. The summed E-state index contributed by atoms with van der Waals surface area (Å²) in [5, 5.41) is 0.705. The van der Waals surface area contributed by atoms with Gasteiger partial charge in [-0.25, -0.2) is 0 Å². The zero-order valence-electron chi connectivity index (χ0n) is 11.2. The molecule has 1 saturated heterocycles. The van der Waals surface area contributed by atoms with Crippen LogP contribution in [0.4, 0.5) is 11.4 Å². The van der Waals surface area contributed by atoms with Gasteiger partial charge in [0.25, 0.3) is 0 Å². The van der Waals surface area contributed by atoms with E-state index in [2.05, 4.69) is 23.8 Å². The summed E-state index contributed by atoms with van der Waals surface area (Å²) >= 11 is 5.97. The summed E-state index contributed by atoms with van der Waals surface area (Å²) in [6.07, 6.45) is 2.31. The number of hydrogen-bond donors (Lipinski definition) is 1. The van der Waals surface area contributed by atoms with E-state index in [1.54, 1.807) is 0 Å². The van der Waals surface area contributed by atoms with Crippen LogP contribution in [-0.2, 0) is 0 Å². The number of anilines is 2. The van der Waals surface area contributed by atoms with Crippen molar-refractivity contribution in [2.45, 2.75) is 25.8 Å². The molecule has 18 heavy (non-hydrogen) atoms. The highest BCUT2D eigenvalue weighted by atomic mass is 35.5. The summed E-state index contributed by atoms with van der Waals surface area (Å²) in [4.78, 5) is 4.84. The fourth-order valence-corrected chi connectivity index (χ4v) is 2.88. The fraction of sp³-hybridized carbons (Fsp3) is 0.571. The lowest BCUT2D eigenvalue weighted by Crippen LogP contribution is -2.40. The smallest absolute Gasteiger partial charge is 0.0603 e. The summed E-state index contributed by atoms with van der Waals surface area (Å²) in [5.41, 5.74) is 8.02. The molecule has 1 fully saturated rings. The first-order valence-corrected chi connectivity index (χ1v) is 6.99. The molecule has 1 aromatic carbocycles. The van der Waals surface area contributed by atoms with E-state index in [0.29, 0.717) is 11.1 Å². The molecule has 2 N–H and O–H groups in total. The molecule has 2 rings (SSSR count). The molecule has 100 valence electrons. The summed E-state index contributed by atoms with van der Waals surface area (Å²) in [6.45, 7) is 5.55. The number of benzene rings is 1. The monoisotopic (exact) mass is 267 g/mol. The minimum Gasteiger partial charge on any atom is -0.397 e. The van der Waals surface area contributed by atoms with Crippen LogP contribution in [0.25, 0.3) is 0 Å². The number of nitrogens with two attached hydrogens (primary N) is 1. The Morgan fingerprint density at radius 2 is 2.17 bits per heavy atom. The number of hydrogen-bond acceptors (Lipinski definition) is 3. The van der Waals surface area contributed by atoms with Gasteiger partial charge >= 0.3 is 0 Å². The third kappa shape index (κ3) is 2.90. The number of nitrogen functional groups attached to an aromatic ring is 1. The van der Waals surface area contributed by atoms with Crippen LogP contribution in [-0.4, -0.2) is 37.6 Å². The Balaban J connectivity index is 2.28. The second-order valence-corrected chi connectivity index (χ2v) is 5.51. The maximum Gasteiger partial charge on any atom is 0.0603 e. The van der Waals surface area contributed by atoms with Gasteiger partial charge in [-0.1, -0.05) is 18.5 Å². The van der Waals surface area contributed by atoms with Crippen LogP contribution < -0.4 is 10.6 Å². The van der Waals surface area contributed by atoms with Crippen molar-refractivity contribution >= 4 is 23.0 Å². The van der Waals surface area contributed by atoms with Crippen LogP contribution in [0.2, 0.25) is 5.02 Å². The van der Waals surface area contributed by atoms with Gasteiger partial charge < -0.3 is 15.5 Å². The molecule has 0 radical (unpaired) electrons. The van der Waals surface area contributed by atoms with Crippen LogP contribution >= 0.6 is 11.6 Å². The van der Waals surface area contributed by atoms with E-state index >= 15 is 0 Å². The Labute approximate surface area is 115 Å². The lowest BCUT2D eigenvalue weighted by atomic mass is 10.1. The molecule has 0 bridgehead atoms. The average Bonchev–Trinajstić information content (AvgIpc) is 2.51. The first-order chi connectivity index (χ1) is 8.61. The SMILES string of the molecule is CCC1CN(C)CCCN1c1ccc(Cl)cc1N. The zero-order valence-corrected chi connectivity index (χ0v) is 12.0. The molecule has 0 aliphatic carbocycles. The molecule has 1 aliphatic heterocycles. The van der Waals surface area contributed by atoms with Gasteiger partial charge in [-0.3, -0.25) is 0 Å². The lowest BCUT2D eigenvalue weighted by Gasteiger charge is -2.33. The molecule has 1 atom stereocenters. The van der Waals surface area contributed by atoms with Gasteiger partial charge in [0.2, 0.25) is 0 Å². The first-order valence-electron chi connectivity index (χ1n) is 6.62. The standard InChI is InChI=1S/C14H22ClN3/c1-3-12-10-17(2)7-4-8-18(12)14-6-5-11(15)9-13(14)16/h5-6,9,12H,3-4,7-8,10,16H2,1-2H3. The van der Waals surface area contributed by atoms with Gasteiger partial charge in [0.05, 0.1) is 11.4 Å². The Hall–Kier alpha value is -0.930. The normalized spacial score (nSPS) is 21.9. The molecule has 0 amide bonds. The van der Waals surface area contributed by atoms with Crippen molar-refractivity contribution < 1.29 is 0 Å². The molecule has 1 heterocycles. The highest BCUT2D eigenvalue weighted by Crippen LogP contribution is 2.30. The molecule has 1 aromatic rings. The van der Waals surface area contributed by atoms with Crippen molar-refractivity contribution in [3.8, 4) is 0 Å². The molecule has 1 aliphatic rings. The predicted octanol–water partition coefficient (Wildman–Crippen LogP) is 2.84. The maximum absolute atomic E-state index is 6.12. The molecule has 3 nitrogen and oxygen atoms in total. The Morgan fingerprint density at radius 3 is 2.83 bits per heavy atom. The predicted molar refractivity (Wildman–Crippen MR) is 79.4 cm³/mol. The van der Waals surface area contributed by atoms with Gasteiger partial charge in [0.15, 0.2) is 0 Å². The molecule has 4 heteroatoms. The van der Waals surface area contributed by atoms with Crippen LogP contribution in [0.3, 0.4) is 0 Å². The fourth-order valence-electron chi connectivity index (χ4n) is 2.70. The largest absolute Gasteiger partial charge is 0.397 e. The molecule has 0 saturated carbocycles. The summed E-state index contributed by atoms with van der Waals surface area (Å²) in [5.74, 6) is 0. The van der Waals surface area contributed by atoms with Gasteiger partial charge in [-0.05, 0) is 44.6 Å². The summed E-state index contributed by atoms with van der Waals surface area (Å²) in [7, 11) is 2.19. The lowest BCUT2D eigenvalue weighted by molar-refractivity contribution is 0.328. The Morgan fingerprint density at radius 1 is 1.39 bits per heavy atom. The van der Waals surface area contributed by atoms with Gasteiger partial charge in [0.1, 0.15) is 0 Å². The van der Waals surface area contributed by atoms with Crippen molar-refractivity contribution in [3.05, 3.63) is 23.2 Å². The number of halogens is 1. The second-order valence-electron chi connectivity index (χ2n) is 5.07. The van der Waals surface area contributed by atoms with Crippen LogP contribution in [0, 0.1) is 0 Å². The van der Waals surface area contributed by atoms with Crippen molar-refractivity contribution in [1.29, 1.82) is 0 Å². The van der Waals surface area contributed by atoms with Gasteiger partial charge in [-0.2, -0.15) is 0 Å². The minimum absolute atomic E-state index is 0.529. The molecule has 0 aromatic heterocycles. The minimum atomic E-state index is 0.529. The topological polar surface area (TPSA) is 32.5 Å². The van der Waals surface area contributed by atoms with Gasteiger partial charge in [0, 0.05) is 24.2 Å². The van der Waals surface area contributed by atoms with E-state index in [-0.39, 0.29) is 0 Å². The molecular weight excluding hydrogens is 246 g/mol. The summed E-state index contributed by atoms with van der Waals surface area (Å²) < 4.78 is 0. The van der Waals surface area contributed by atoms with Crippen molar-refractivity contribution in [1.82, 2.24) is 4.90 Å². The highest BCUT2D eigenvalue weighted by Gasteiger charge is 2.23. The zero-order chi connectivity index (χ0) is 13.1. The average molecular weight is 268 g/mol. The molecule has 0 spiro atoms. The number of likely N-dealkylation sites (N-methyl/N-ethyl adjacent to an activating group) is 1. The van der Waals surface area contributed by atoms with Crippen molar-refractivity contribution in [3.63, 3.8) is 0 Å². The molecule has 1 unspecified atom stereocenters.